The molecule has 1 aromatic carbocycles. The first kappa shape index (κ1) is 14.5. The lowest BCUT2D eigenvalue weighted by molar-refractivity contribution is 0.434. The van der Waals surface area contributed by atoms with Gasteiger partial charge in [0, 0.05) is 18.2 Å². The van der Waals surface area contributed by atoms with Gasteiger partial charge >= 0.3 is 0 Å². The second-order valence-corrected chi connectivity index (χ2v) is 5.86. The van der Waals surface area contributed by atoms with Crippen molar-refractivity contribution in [2.75, 3.05) is 0 Å². The molecule has 0 aromatic heterocycles. The molecule has 1 atom stereocenters. The molecule has 1 aromatic rings. The lowest BCUT2D eigenvalue weighted by Gasteiger charge is -2.15. The molecule has 0 aliphatic rings. The summed E-state index contributed by atoms with van der Waals surface area (Å²) in [5.41, 5.74) is 0.941. The predicted octanol–water partition coefficient (Wildman–Crippen LogP) is 4.07. The van der Waals surface area contributed by atoms with Crippen LogP contribution in [-0.2, 0) is 6.54 Å². The summed E-state index contributed by atoms with van der Waals surface area (Å²) in [5, 5.41) is 13.3. The number of aromatic hydroxyl groups is 1. The molecule has 0 bridgehead atoms. The summed E-state index contributed by atoms with van der Waals surface area (Å²) in [7, 11) is 0. The van der Waals surface area contributed by atoms with Crippen molar-refractivity contribution in [1.29, 1.82) is 0 Å². The Morgan fingerprint density at radius 3 is 2.59 bits per heavy atom. The summed E-state index contributed by atoms with van der Waals surface area (Å²) in [4.78, 5) is 0. The smallest absolute Gasteiger partial charge is 0.134 e. The van der Waals surface area contributed by atoms with E-state index in [4.69, 9.17) is 0 Å². The van der Waals surface area contributed by atoms with E-state index in [0.717, 1.165) is 16.0 Å². The summed E-state index contributed by atoms with van der Waals surface area (Å²) in [5.74, 6) is 1.09. The summed E-state index contributed by atoms with van der Waals surface area (Å²) in [6.45, 7) is 7.39. The zero-order valence-corrected chi connectivity index (χ0v) is 12.4. The van der Waals surface area contributed by atoms with Crippen molar-refractivity contribution < 1.29 is 5.11 Å². The van der Waals surface area contributed by atoms with Gasteiger partial charge in [-0.25, -0.2) is 0 Å². The minimum absolute atomic E-state index is 0.344. The second kappa shape index (κ2) is 7.02. The van der Waals surface area contributed by atoms with Crippen LogP contribution in [0.1, 0.15) is 39.2 Å². The number of phenolic OH excluding ortho intramolecular Hbond substituents is 1. The van der Waals surface area contributed by atoms with Crippen LogP contribution in [0.4, 0.5) is 0 Å². The molecule has 96 valence electrons. The average Bonchev–Trinajstić information content (AvgIpc) is 2.28. The molecule has 1 rings (SSSR count). The molecule has 0 aliphatic carbocycles. The molecule has 0 saturated carbocycles. The highest BCUT2D eigenvalue weighted by molar-refractivity contribution is 9.10. The zero-order valence-electron chi connectivity index (χ0n) is 10.8. The maximum atomic E-state index is 9.84. The van der Waals surface area contributed by atoms with E-state index in [1.54, 1.807) is 0 Å². The normalized spacial score (nSPS) is 13.0. The van der Waals surface area contributed by atoms with Crippen molar-refractivity contribution in [1.82, 2.24) is 5.32 Å². The molecule has 17 heavy (non-hydrogen) atoms. The van der Waals surface area contributed by atoms with E-state index >= 15 is 0 Å². The first-order valence-corrected chi connectivity index (χ1v) is 6.99. The van der Waals surface area contributed by atoms with Gasteiger partial charge in [0.2, 0.25) is 0 Å². The van der Waals surface area contributed by atoms with E-state index in [-0.39, 0.29) is 0 Å². The van der Waals surface area contributed by atoms with Crippen LogP contribution < -0.4 is 5.32 Å². The van der Waals surface area contributed by atoms with Crippen LogP contribution in [0.25, 0.3) is 0 Å². The van der Waals surface area contributed by atoms with Gasteiger partial charge in [-0.15, -0.1) is 0 Å². The first-order chi connectivity index (χ1) is 8.00. The van der Waals surface area contributed by atoms with Crippen molar-refractivity contribution in [2.45, 2.75) is 46.2 Å². The molecule has 0 amide bonds. The molecule has 3 heteroatoms. The van der Waals surface area contributed by atoms with Gasteiger partial charge < -0.3 is 10.4 Å². The maximum Gasteiger partial charge on any atom is 0.134 e. The maximum absolute atomic E-state index is 9.84. The van der Waals surface area contributed by atoms with Crippen LogP contribution in [0.2, 0.25) is 0 Å². The van der Waals surface area contributed by atoms with Gasteiger partial charge in [-0.2, -0.15) is 0 Å². The molecule has 0 spiro atoms. The van der Waals surface area contributed by atoms with E-state index in [9.17, 15) is 5.11 Å². The summed E-state index contributed by atoms with van der Waals surface area (Å²) >= 11 is 3.33. The summed E-state index contributed by atoms with van der Waals surface area (Å²) in [6, 6.07) is 6.22. The van der Waals surface area contributed by atoms with Crippen LogP contribution in [0.5, 0.6) is 5.75 Å². The average molecular weight is 300 g/mol. The number of phenols is 1. The fourth-order valence-corrected chi connectivity index (χ4v) is 2.08. The summed E-state index contributed by atoms with van der Waals surface area (Å²) < 4.78 is 0.756. The number of hydrogen-bond acceptors (Lipinski definition) is 2. The van der Waals surface area contributed by atoms with E-state index in [0.29, 0.717) is 18.3 Å². The van der Waals surface area contributed by atoms with Crippen molar-refractivity contribution >= 4 is 15.9 Å². The Labute approximate surface area is 113 Å². The van der Waals surface area contributed by atoms with Crippen molar-refractivity contribution in [2.24, 2.45) is 5.92 Å². The topological polar surface area (TPSA) is 32.3 Å². The Balaban J connectivity index is 2.42. The van der Waals surface area contributed by atoms with Crippen molar-refractivity contribution in [3.05, 3.63) is 28.2 Å². The van der Waals surface area contributed by atoms with Gasteiger partial charge in [0.25, 0.3) is 0 Å². The Morgan fingerprint density at radius 1 is 1.24 bits per heavy atom. The van der Waals surface area contributed by atoms with Crippen LogP contribution in [0.3, 0.4) is 0 Å². The van der Waals surface area contributed by atoms with Gasteiger partial charge in [-0.3, -0.25) is 0 Å². The van der Waals surface area contributed by atoms with Gasteiger partial charge in [0.15, 0.2) is 0 Å². The second-order valence-electron chi connectivity index (χ2n) is 5.00. The molecule has 2 N–H and O–H groups in total. The lowest BCUT2D eigenvalue weighted by Crippen LogP contribution is -2.25. The van der Waals surface area contributed by atoms with Crippen molar-refractivity contribution in [3.8, 4) is 5.75 Å². The number of nitrogens with one attached hydrogen (secondary N) is 1. The molecule has 0 saturated heterocycles. The van der Waals surface area contributed by atoms with Crippen LogP contribution in [0.15, 0.2) is 22.7 Å². The number of rotatable bonds is 6. The van der Waals surface area contributed by atoms with Gasteiger partial charge in [0.1, 0.15) is 5.75 Å². The predicted molar refractivity (Wildman–Crippen MR) is 76.2 cm³/mol. The Kier molecular flexibility index (Phi) is 6.00. The number of hydrogen-bond donors (Lipinski definition) is 2. The van der Waals surface area contributed by atoms with E-state index < -0.39 is 0 Å². The monoisotopic (exact) mass is 299 g/mol. The third-order valence-corrected chi connectivity index (χ3v) is 3.53. The van der Waals surface area contributed by atoms with Gasteiger partial charge in [-0.1, -0.05) is 26.0 Å². The molecule has 0 fully saturated rings. The van der Waals surface area contributed by atoms with E-state index in [2.05, 4.69) is 42.0 Å². The SMILES string of the molecule is CC(C)CCC(C)NCc1cccc(Br)c1O. The van der Waals surface area contributed by atoms with Gasteiger partial charge in [-0.05, 0) is 47.7 Å². The molecular formula is C14H22BrNO. The molecule has 1 unspecified atom stereocenters. The third-order valence-electron chi connectivity index (χ3n) is 2.89. The van der Waals surface area contributed by atoms with Crippen LogP contribution in [0, 0.1) is 5.92 Å². The lowest BCUT2D eigenvalue weighted by atomic mass is 10.0. The molecule has 0 radical (unpaired) electrons. The molecule has 0 heterocycles. The fraction of sp³-hybridized carbons (Fsp3) is 0.571. The Hall–Kier alpha value is -0.540. The minimum atomic E-state index is 0.344. The van der Waals surface area contributed by atoms with E-state index in [1.165, 1.54) is 12.8 Å². The minimum Gasteiger partial charge on any atom is -0.506 e. The number of para-hydroxylation sites is 1. The molecule has 0 aliphatic heterocycles. The largest absolute Gasteiger partial charge is 0.506 e. The highest BCUT2D eigenvalue weighted by atomic mass is 79.9. The molecule has 2 nitrogen and oxygen atoms in total. The first-order valence-electron chi connectivity index (χ1n) is 6.20. The molecular weight excluding hydrogens is 278 g/mol. The Bertz CT molecular complexity index is 352. The van der Waals surface area contributed by atoms with E-state index in [1.807, 2.05) is 18.2 Å². The van der Waals surface area contributed by atoms with Crippen molar-refractivity contribution in [3.63, 3.8) is 0 Å². The fourth-order valence-electron chi connectivity index (χ4n) is 1.67. The highest BCUT2D eigenvalue weighted by Crippen LogP contribution is 2.27. The van der Waals surface area contributed by atoms with Crippen LogP contribution in [-0.4, -0.2) is 11.1 Å². The van der Waals surface area contributed by atoms with Gasteiger partial charge in [0.05, 0.1) is 4.47 Å². The zero-order chi connectivity index (χ0) is 12.8. The number of benzene rings is 1. The standard InChI is InChI=1S/C14H22BrNO/c1-10(2)7-8-11(3)16-9-12-5-4-6-13(15)14(12)17/h4-6,10-11,16-17H,7-9H2,1-3H3. The number of halogens is 1. The summed E-state index contributed by atoms with van der Waals surface area (Å²) in [6.07, 6.45) is 2.41. The third kappa shape index (κ3) is 5.09. The highest BCUT2D eigenvalue weighted by Gasteiger charge is 2.07. The quantitative estimate of drug-likeness (QED) is 0.830. The Morgan fingerprint density at radius 2 is 1.94 bits per heavy atom. The van der Waals surface area contributed by atoms with Crippen LogP contribution >= 0.6 is 15.9 Å².